The minimum atomic E-state index is -0.555. The first kappa shape index (κ1) is 21.0. The van der Waals surface area contributed by atoms with Crippen molar-refractivity contribution in [3.05, 3.63) is 11.6 Å². The van der Waals surface area contributed by atoms with Gasteiger partial charge in [0.25, 0.3) is 0 Å². The summed E-state index contributed by atoms with van der Waals surface area (Å²) >= 11 is 0. The third kappa shape index (κ3) is 8.56. The summed E-state index contributed by atoms with van der Waals surface area (Å²) in [6.07, 6.45) is 2.09. The van der Waals surface area contributed by atoms with Gasteiger partial charge in [0, 0.05) is 45.2 Å². The normalized spacial score (nSPS) is 15.2. The number of alkyl carbamates (subject to hydrolysis) is 1. The van der Waals surface area contributed by atoms with Crippen LogP contribution in [0.1, 0.15) is 47.5 Å². The molecular weight excluding hydrogens is 322 g/mol. The van der Waals surface area contributed by atoms with E-state index in [-0.39, 0.29) is 24.8 Å². The molecule has 7 heteroatoms. The Morgan fingerprint density at radius 1 is 1.04 bits per heavy atom. The van der Waals surface area contributed by atoms with E-state index in [4.69, 9.17) is 4.74 Å². The van der Waals surface area contributed by atoms with Gasteiger partial charge in [0.15, 0.2) is 0 Å². The van der Waals surface area contributed by atoms with Crippen LogP contribution in [0.25, 0.3) is 0 Å². The maximum absolute atomic E-state index is 12.3. The molecule has 1 N–H and O–H groups in total. The molecule has 0 radical (unpaired) electrons. The third-order valence-electron chi connectivity index (χ3n) is 3.58. The first-order chi connectivity index (χ1) is 11.6. The summed E-state index contributed by atoms with van der Waals surface area (Å²) in [4.78, 5) is 39.5. The van der Waals surface area contributed by atoms with E-state index >= 15 is 0 Å². The molecule has 1 aliphatic heterocycles. The minimum Gasteiger partial charge on any atom is -0.444 e. The highest BCUT2D eigenvalue weighted by molar-refractivity contribution is 5.88. The molecule has 142 valence electrons. The molecule has 3 amide bonds. The Morgan fingerprint density at radius 2 is 1.64 bits per heavy atom. The van der Waals surface area contributed by atoms with Gasteiger partial charge in [0.1, 0.15) is 5.60 Å². The van der Waals surface area contributed by atoms with Crippen LogP contribution in [0.5, 0.6) is 0 Å². The first-order valence-electron chi connectivity index (χ1n) is 8.77. The van der Waals surface area contributed by atoms with Gasteiger partial charge in [-0.25, -0.2) is 4.79 Å². The van der Waals surface area contributed by atoms with E-state index < -0.39 is 11.7 Å². The third-order valence-corrected chi connectivity index (χ3v) is 3.58. The minimum absolute atomic E-state index is 0.000825. The van der Waals surface area contributed by atoms with Gasteiger partial charge < -0.3 is 19.9 Å². The smallest absolute Gasteiger partial charge is 0.407 e. The van der Waals surface area contributed by atoms with E-state index in [1.165, 1.54) is 0 Å². The number of ether oxygens (including phenoxy) is 1. The summed E-state index contributed by atoms with van der Waals surface area (Å²) in [6.45, 7) is 11.7. The van der Waals surface area contributed by atoms with E-state index in [0.29, 0.717) is 26.2 Å². The molecular formula is C18H31N3O4. The van der Waals surface area contributed by atoms with Crippen molar-refractivity contribution in [2.24, 2.45) is 0 Å². The Labute approximate surface area is 150 Å². The fourth-order valence-electron chi connectivity index (χ4n) is 2.47. The SMILES string of the molecule is CC(C)=CC(=O)N1CCCN(C(=O)CCNC(=O)OC(C)(C)C)CC1. The zero-order chi connectivity index (χ0) is 19.0. The molecule has 0 aromatic carbocycles. The summed E-state index contributed by atoms with van der Waals surface area (Å²) in [5.41, 5.74) is 0.413. The fourth-order valence-corrected chi connectivity index (χ4v) is 2.47. The number of hydrogen-bond acceptors (Lipinski definition) is 4. The summed E-state index contributed by atoms with van der Waals surface area (Å²) in [6, 6.07) is 0. The second-order valence-electron chi connectivity index (χ2n) is 7.46. The number of nitrogens with zero attached hydrogens (tertiary/aromatic N) is 2. The van der Waals surface area contributed by atoms with Gasteiger partial charge in [-0.1, -0.05) is 5.57 Å². The standard InChI is InChI=1S/C18H31N3O4/c1-14(2)13-16(23)21-10-6-9-20(11-12-21)15(22)7-8-19-17(24)25-18(3,4)5/h13H,6-12H2,1-5H3,(H,19,24). The lowest BCUT2D eigenvalue weighted by molar-refractivity contribution is -0.131. The Morgan fingerprint density at radius 3 is 2.24 bits per heavy atom. The average molecular weight is 353 g/mol. The molecule has 0 atom stereocenters. The van der Waals surface area contributed by atoms with Crippen LogP contribution in [0.4, 0.5) is 4.79 Å². The molecule has 1 rings (SSSR count). The van der Waals surface area contributed by atoms with Gasteiger partial charge in [-0.2, -0.15) is 0 Å². The summed E-state index contributed by atoms with van der Waals surface area (Å²) in [5.74, 6) is -0.0199. The predicted octanol–water partition coefficient (Wildman–Crippen LogP) is 1.93. The van der Waals surface area contributed by atoms with Crippen LogP contribution in [0.15, 0.2) is 11.6 Å². The van der Waals surface area contributed by atoms with Crippen LogP contribution < -0.4 is 5.32 Å². The van der Waals surface area contributed by atoms with Crippen LogP contribution in [0.3, 0.4) is 0 Å². The zero-order valence-electron chi connectivity index (χ0n) is 16.1. The van der Waals surface area contributed by atoms with Gasteiger partial charge in [0.05, 0.1) is 0 Å². The van der Waals surface area contributed by atoms with Crippen molar-refractivity contribution in [2.75, 3.05) is 32.7 Å². The summed E-state index contributed by atoms with van der Waals surface area (Å²) in [7, 11) is 0. The molecule has 0 saturated carbocycles. The molecule has 0 aromatic rings. The van der Waals surface area contributed by atoms with Gasteiger partial charge in [-0.15, -0.1) is 0 Å². The average Bonchev–Trinajstić information content (AvgIpc) is 2.70. The monoisotopic (exact) mass is 353 g/mol. The lowest BCUT2D eigenvalue weighted by atomic mass is 10.2. The molecule has 25 heavy (non-hydrogen) atoms. The number of carbonyl (C=O) groups excluding carboxylic acids is 3. The Balaban J connectivity index is 2.39. The summed E-state index contributed by atoms with van der Waals surface area (Å²) < 4.78 is 5.13. The van der Waals surface area contributed by atoms with Crippen LogP contribution in [-0.4, -0.2) is 66.0 Å². The highest BCUT2D eigenvalue weighted by atomic mass is 16.6. The fraction of sp³-hybridized carbons (Fsp3) is 0.722. The highest BCUT2D eigenvalue weighted by Crippen LogP contribution is 2.08. The van der Waals surface area contributed by atoms with Crippen molar-refractivity contribution in [1.82, 2.24) is 15.1 Å². The molecule has 0 unspecified atom stereocenters. The maximum Gasteiger partial charge on any atom is 0.407 e. The molecule has 1 aliphatic rings. The zero-order valence-corrected chi connectivity index (χ0v) is 16.1. The van der Waals surface area contributed by atoms with Crippen molar-refractivity contribution in [3.63, 3.8) is 0 Å². The van der Waals surface area contributed by atoms with Gasteiger partial charge >= 0.3 is 6.09 Å². The first-order valence-corrected chi connectivity index (χ1v) is 8.77. The van der Waals surface area contributed by atoms with Crippen LogP contribution in [0, 0.1) is 0 Å². The molecule has 1 heterocycles. The van der Waals surface area contributed by atoms with Gasteiger partial charge in [0.2, 0.25) is 11.8 Å². The van der Waals surface area contributed by atoms with Crippen molar-refractivity contribution in [1.29, 1.82) is 0 Å². The number of carbonyl (C=O) groups is 3. The lowest BCUT2D eigenvalue weighted by Crippen LogP contribution is -2.39. The van der Waals surface area contributed by atoms with Crippen LogP contribution in [-0.2, 0) is 14.3 Å². The molecule has 0 spiro atoms. The molecule has 0 aliphatic carbocycles. The molecule has 1 fully saturated rings. The van der Waals surface area contributed by atoms with Gasteiger partial charge in [-0.3, -0.25) is 9.59 Å². The lowest BCUT2D eigenvalue weighted by Gasteiger charge is -2.22. The number of nitrogens with one attached hydrogen (secondary N) is 1. The van der Waals surface area contributed by atoms with E-state index in [9.17, 15) is 14.4 Å². The second-order valence-corrected chi connectivity index (χ2v) is 7.46. The van der Waals surface area contributed by atoms with Crippen molar-refractivity contribution >= 4 is 17.9 Å². The topological polar surface area (TPSA) is 79.0 Å². The quantitative estimate of drug-likeness (QED) is 0.783. The summed E-state index contributed by atoms with van der Waals surface area (Å²) in [5, 5.41) is 2.59. The van der Waals surface area contributed by atoms with Crippen molar-refractivity contribution in [2.45, 2.75) is 53.1 Å². The molecule has 0 bridgehead atoms. The van der Waals surface area contributed by atoms with Crippen LogP contribution in [0.2, 0.25) is 0 Å². The second kappa shape index (κ2) is 9.44. The highest BCUT2D eigenvalue weighted by Gasteiger charge is 2.21. The molecule has 1 saturated heterocycles. The number of allylic oxidation sites excluding steroid dienone is 1. The van der Waals surface area contributed by atoms with E-state index in [1.807, 2.05) is 13.8 Å². The van der Waals surface area contributed by atoms with E-state index in [2.05, 4.69) is 5.32 Å². The number of rotatable bonds is 4. The number of amides is 3. The van der Waals surface area contributed by atoms with Gasteiger partial charge in [-0.05, 0) is 41.0 Å². The molecule has 0 aromatic heterocycles. The predicted molar refractivity (Wildman–Crippen MR) is 96.1 cm³/mol. The van der Waals surface area contributed by atoms with E-state index in [1.54, 1.807) is 36.6 Å². The number of hydrogen-bond donors (Lipinski definition) is 1. The Kier molecular flexibility index (Phi) is 7.93. The van der Waals surface area contributed by atoms with Crippen LogP contribution >= 0.6 is 0 Å². The van der Waals surface area contributed by atoms with E-state index in [0.717, 1.165) is 12.0 Å². The Bertz CT molecular complexity index is 519. The maximum atomic E-state index is 12.3. The molecule has 7 nitrogen and oxygen atoms in total. The van der Waals surface area contributed by atoms with Crippen molar-refractivity contribution in [3.8, 4) is 0 Å². The van der Waals surface area contributed by atoms with Crippen molar-refractivity contribution < 1.29 is 19.1 Å². The largest absolute Gasteiger partial charge is 0.444 e. The Hall–Kier alpha value is -2.05.